The van der Waals surface area contributed by atoms with Gasteiger partial charge in [0, 0.05) is 5.92 Å². The predicted molar refractivity (Wildman–Crippen MR) is 127 cm³/mol. The van der Waals surface area contributed by atoms with Gasteiger partial charge < -0.3 is 9.47 Å². The van der Waals surface area contributed by atoms with Crippen molar-refractivity contribution in [2.24, 2.45) is 17.3 Å². The molecule has 2 aromatic rings. The summed E-state index contributed by atoms with van der Waals surface area (Å²) < 4.78 is 10.3. The second-order valence-corrected chi connectivity index (χ2v) is 9.33. The molecule has 0 saturated carbocycles. The molecule has 5 rings (SSSR count). The number of fused-ring (bicyclic) bond motifs is 1. The highest BCUT2D eigenvalue weighted by atomic mass is 16.5. The number of benzene rings is 2. The highest BCUT2D eigenvalue weighted by Crippen LogP contribution is 2.59. The Morgan fingerprint density at radius 3 is 2.09 bits per heavy atom. The molecule has 35 heavy (non-hydrogen) atoms. The molecular formula is C28H27NO6. The molecule has 7 heteroatoms. The van der Waals surface area contributed by atoms with Crippen LogP contribution in [0.25, 0.3) is 0 Å². The average Bonchev–Trinajstić information content (AvgIpc) is 3.16. The van der Waals surface area contributed by atoms with Gasteiger partial charge in [-0.3, -0.25) is 24.1 Å². The molecule has 0 spiro atoms. The minimum absolute atomic E-state index is 0.233. The van der Waals surface area contributed by atoms with Gasteiger partial charge in [0.25, 0.3) is 0 Å². The van der Waals surface area contributed by atoms with Gasteiger partial charge in [-0.2, -0.15) is 0 Å². The molecule has 0 bridgehead atoms. The van der Waals surface area contributed by atoms with Crippen LogP contribution in [0.2, 0.25) is 0 Å². The van der Waals surface area contributed by atoms with Crippen LogP contribution in [0.4, 0.5) is 5.69 Å². The molecule has 3 atom stereocenters. The lowest BCUT2D eigenvalue weighted by Crippen LogP contribution is -2.49. The fraction of sp³-hybridized carbons (Fsp3) is 0.357. The highest BCUT2D eigenvalue weighted by Gasteiger charge is 2.63. The SMILES string of the molecule is COC(=O)C1(C(=O)OC)CCCC2=C1[C@@H](c1ccccc1)[C@@H]1C(=O)N(c3ccccc3)C(=O)[C@@H]1C2. The topological polar surface area (TPSA) is 90.0 Å². The Morgan fingerprint density at radius 2 is 1.49 bits per heavy atom. The number of carbonyl (C=O) groups is 4. The zero-order chi connectivity index (χ0) is 24.7. The molecule has 1 saturated heterocycles. The third-order valence-electron chi connectivity index (χ3n) is 7.72. The lowest BCUT2D eigenvalue weighted by Gasteiger charge is -2.45. The first kappa shape index (κ1) is 23.0. The molecule has 1 fully saturated rings. The standard InChI is InChI=1S/C28H27NO6/c1-34-26(32)28(27(33)35-2)15-9-12-18-16-20-22(21(23(18)28)17-10-5-3-6-11-17)25(31)29(24(20)30)19-13-7-4-8-14-19/h3-8,10-11,13-14,20-22H,9,12,15-16H2,1-2H3/t20-,21+,22-/m1/s1. The summed E-state index contributed by atoms with van der Waals surface area (Å²) >= 11 is 0. The van der Waals surface area contributed by atoms with Crippen molar-refractivity contribution >= 4 is 29.4 Å². The molecule has 2 aliphatic carbocycles. The number of allylic oxidation sites excluding steroid dienone is 1. The molecule has 180 valence electrons. The van der Waals surface area contributed by atoms with E-state index in [1.807, 2.05) is 36.4 Å². The van der Waals surface area contributed by atoms with Crippen molar-refractivity contribution in [2.45, 2.75) is 31.6 Å². The smallest absolute Gasteiger partial charge is 0.327 e. The Bertz CT molecular complexity index is 1200. The van der Waals surface area contributed by atoms with E-state index in [-0.39, 0.29) is 18.2 Å². The number of rotatable bonds is 4. The van der Waals surface area contributed by atoms with Crippen LogP contribution in [0.5, 0.6) is 0 Å². The van der Waals surface area contributed by atoms with E-state index in [9.17, 15) is 19.2 Å². The predicted octanol–water partition coefficient (Wildman–Crippen LogP) is 3.79. The van der Waals surface area contributed by atoms with Crippen LogP contribution in [0.15, 0.2) is 71.8 Å². The summed E-state index contributed by atoms with van der Waals surface area (Å²) in [5.41, 5.74) is 1.11. The Balaban J connectivity index is 1.74. The zero-order valence-corrected chi connectivity index (χ0v) is 19.7. The number of anilines is 1. The second-order valence-electron chi connectivity index (χ2n) is 9.33. The largest absolute Gasteiger partial charge is 0.468 e. The summed E-state index contributed by atoms with van der Waals surface area (Å²) in [7, 11) is 2.51. The first-order valence-corrected chi connectivity index (χ1v) is 11.8. The number of carbonyl (C=O) groups excluding carboxylic acids is 4. The Hall–Kier alpha value is -3.74. The van der Waals surface area contributed by atoms with Crippen LogP contribution < -0.4 is 4.90 Å². The Labute approximate surface area is 203 Å². The maximum Gasteiger partial charge on any atom is 0.327 e. The first-order valence-electron chi connectivity index (χ1n) is 11.8. The van der Waals surface area contributed by atoms with E-state index in [1.165, 1.54) is 19.1 Å². The molecule has 0 aromatic heterocycles. The molecular weight excluding hydrogens is 446 g/mol. The number of methoxy groups -OCH3 is 2. The van der Waals surface area contributed by atoms with Gasteiger partial charge in [-0.05, 0) is 49.0 Å². The second kappa shape index (κ2) is 8.80. The molecule has 0 N–H and O–H groups in total. The molecule has 2 aromatic carbocycles. The van der Waals surface area contributed by atoms with Crippen molar-refractivity contribution in [2.75, 3.05) is 19.1 Å². The van der Waals surface area contributed by atoms with E-state index in [2.05, 4.69) is 0 Å². The van der Waals surface area contributed by atoms with E-state index < -0.39 is 35.1 Å². The Morgan fingerprint density at radius 1 is 0.886 bits per heavy atom. The van der Waals surface area contributed by atoms with Gasteiger partial charge in [-0.15, -0.1) is 0 Å². The summed E-state index contributed by atoms with van der Waals surface area (Å²) in [6.45, 7) is 0. The molecule has 0 radical (unpaired) electrons. The molecule has 1 heterocycles. The van der Waals surface area contributed by atoms with Gasteiger partial charge in [-0.1, -0.05) is 54.1 Å². The maximum absolute atomic E-state index is 13.9. The normalized spacial score (nSPS) is 25.1. The number of hydrogen-bond donors (Lipinski definition) is 0. The number of esters is 2. The number of imide groups is 1. The quantitative estimate of drug-likeness (QED) is 0.291. The van der Waals surface area contributed by atoms with Crippen molar-refractivity contribution in [1.29, 1.82) is 0 Å². The number of ether oxygens (including phenoxy) is 2. The van der Waals surface area contributed by atoms with E-state index >= 15 is 0 Å². The van der Waals surface area contributed by atoms with E-state index in [0.717, 1.165) is 11.1 Å². The third-order valence-corrected chi connectivity index (χ3v) is 7.72. The summed E-state index contributed by atoms with van der Waals surface area (Å²) in [6.07, 6.45) is 1.78. The Kier molecular flexibility index (Phi) is 5.79. The number of hydrogen-bond acceptors (Lipinski definition) is 6. The van der Waals surface area contributed by atoms with Crippen molar-refractivity contribution < 1.29 is 28.7 Å². The molecule has 0 unspecified atom stereocenters. The molecule has 7 nitrogen and oxygen atoms in total. The van der Waals surface area contributed by atoms with Gasteiger partial charge in [0.1, 0.15) is 0 Å². The van der Waals surface area contributed by atoms with Gasteiger partial charge in [-0.25, -0.2) is 0 Å². The van der Waals surface area contributed by atoms with Crippen LogP contribution in [-0.2, 0) is 28.7 Å². The number of para-hydroxylation sites is 1. The summed E-state index contributed by atoms with van der Waals surface area (Å²) in [6, 6.07) is 18.2. The summed E-state index contributed by atoms with van der Waals surface area (Å²) in [4.78, 5) is 55.5. The van der Waals surface area contributed by atoms with Crippen LogP contribution in [0.1, 0.15) is 37.2 Å². The summed E-state index contributed by atoms with van der Waals surface area (Å²) in [5, 5.41) is 0. The molecule has 1 aliphatic heterocycles. The fourth-order valence-electron chi connectivity index (χ4n) is 6.34. The average molecular weight is 474 g/mol. The highest BCUT2D eigenvalue weighted by molar-refractivity contribution is 6.23. The first-order chi connectivity index (χ1) is 17.0. The minimum Gasteiger partial charge on any atom is -0.468 e. The van der Waals surface area contributed by atoms with Gasteiger partial charge >= 0.3 is 11.9 Å². The van der Waals surface area contributed by atoms with E-state index in [1.54, 1.807) is 24.3 Å². The van der Waals surface area contributed by atoms with Crippen molar-refractivity contribution in [3.63, 3.8) is 0 Å². The van der Waals surface area contributed by atoms with Crippen LogP contribution in [-0.4, -0.2) is 38.0 Å². The van der Waals surface area contributed by atoms with E-state index in [0.29, 0.717) is 30.5 Å². The molecule has 3 aliphatic rings. The van der Waals surface area contributed by atoms with Gasteiger partial charge in [0.2, 0.25) is 11.8 Å². The number of amides is 2. The zero-order valence-electron chi connectivity index (χ0n) is 19.7. The van der Waals surface area contributed by atoms with Crippen molar-refractivity contribution in [3.05, 3.63) is 77.4 Å². The summed E-state index contributed by atoms with van der Waals surface area (Å²) in [5.74, 6) is -3.88. The minimum atomic E-state index is -1.65. The lowest BCUT2D eigenvalue weighted by molar-refractivity contribution is -0.167. The third kappa shape index (κ3) is 3.32. The lowest BCUT2D eigenvalue weighted by atomic mass is 9.56. The van der Waals surface area contributed by atoms with Crippen LogP contribution in [0.3, 0.4) is 0 Å². The van der Waals surface area contributed by atoms with Crippen molar-refractivity contribution in [3.8, 4) is 0 Å². The maximum atomic E-state index is 13.9. The molecule has 2 amide bonds. The number of nitrogens with zero attached hydrogens (tertiary/aromatic N) is 1. The monoisotopic (exact) mass is 473 g/mol. The van der Waals surface area contributed by atoms with Crippen LogP contribution in [0, 0.1) is 17.3 Å². The van der Waals surface area contributed by atoms with Crippen LogP contribution >= 0.6 is 0 Å². The fourth-order valence-corrected chi connectivity index (χ4v) is 6.34. The van der Waals surface area contributed by atoms with Gasteiger partial charge in [0.15, 0.2) is 5.41 Å². The van der Waals surface area contributed by atoms with E-state index in [4.69, 9.17) is 9.47 Å². The van der Waals surface area contributed by atoms with Gasteiger partial charge in [0.05, 0.1) is 31.7 Å². The van der Waals surface area contributed by atoms with Crippen molar-refractivity contribution in [1.82, 2.24) is 0 Å².